The topological polar surface area (TPSA) is 38.7 Å². The van der Waals surface area contributed by atoms with Gasteiger partial charge >= 0.3 is 0 Å². The molecule has 19 heavy (non-hydrogen) atoms. The molecule has 1 fully saturated rings. The minimum absolute atomic E-state index is 0.0758. The van der Waals surface area contributed by atoms with Crippen molar-refractivity contribution in [1.82, 2.24) is 0 Å². The van der Waals surface area contributed by atoms with E-state index in [1.807, 2.05) is 0 Å². The van der Waals surface area contributed by atoms with Crippen LogP contribution in [0.5, 0.6) is 0 Å². The molecule has 0 aromatic heterocycles. The highest BCUT2D eigenvalue weighted by molar-refractivity contribution is 6.77. The third-order valence-electron chi connectivity index (χ3n) is 4.55. The summed E-state index contributed by atoms with van der Waals surface area (Å²) in [6.07, 6.45) is 2.30. The van der Waals surface area contributed by atoms with Crippen molar-refractivity contribution in [3.05, 3.63) is 0 Å². The molecule has 0 radical (unpaired) electrons. The molecule has 1 saturated heterocycles. The summed E-state index contributed by atoms with van der Waals surface area (Å²) in [6.45, 7) is 14.4. The number of rotatable bonds is 6. The second kappa shape index (κ2) is 7.20. The monoisotopic (exact) mass is 288 g/mol. The summed E-state index contributed by atoms with van der Waals surface area (Å²) in [5.74, 6) is 0. The molecule has 114 valence electrons. The Bertz CT molecular complexity index is 244. The minimum atomic E-state index is -1.80. The molecule has 0 saturated carbocycles. The molecule has 0 bridgehead atoms. The largest absolute Gasteiger partial charge is 0.413 e. The number of aliphatic hydroxyl groups excluding tert-OH is 1. The van der Waals surface area contributed by atoms with Crippen LogP contribution in [0.25, 0.3) is 0 Å². The fourth-order valence-electron chi connectivity index (χ4n) is 3.74. The highest BCUT2D eigenvalue weighted by atomic mass is 28.4. The average molecular weight is 289 g/mol. The lowest BCUT2D eigenvalue weighted by Crippen LogP contribution is -2.49. The van der Waals surface area contributed by atoms with Crippen LogP contribution in [0.15, 0.2) is 0 Å². The molecule has 1 heterocycles. The SMILES string of the molecule is CC(C)[Si](OC[C@@H]1CCCC(O)O1)(C(C)C)C(C)C. The third-order valence-corrected chi connectivity index (χ3v) is 10.6. The Labute approximate surface area is 119 Å². The van der Waals surface area contributed by atoms with Crippen molar-refractivity contribution in [1.29, 1.82) is 0 Å². The Hall–Kier alpha value is 0.0969. The molecule has 4 heteroatoms. The summed E-state index contributed by atoms with van der Waals surface area (Å²) in [5, 5.41) is 9.57. The molecule has 0 aliphatic carbocycles. The first kappa shape index (κ1) is 17.1. The van der Waals surface area contributed by atoms with Crippen LogP contribution in [0.3, 0.4) is 0 Å². The van der Waals surface area contributed by atoms with Gasteiger partial charge in [0.2, 0.25) is 0 Å². The zero-order valence-electron chi connectivity index (χ0n) is 13.5. The zero-order valence-corrected chi connectivity index (χ0v) is 14.5. The van der Waals surface area contributed by atoms with Crippen LogP contribution in [0.1, 0.15) is 60.8 Å². The van der Waals surface area contributed by atoms with Crippen molar-refractivity contribution in [3.63, 3.8) is 0 Å². The molecule has 1 aliphatic rings. The Balaban J connectivity index is 2.67. The molecule has 3 nitrogen and oxygen atoms in total. The fourth-order valence-corrected chi connectivity index (χ4v) is 9.21. The zero-order chi connectivity index (χ0) is 14.6. The molecule has 1 unspecified atom stereocenters. The maximum atomic E-state index is 9.57. The summed E-state index contributed by atoms with van der Waals surface area (Å²) in [5.41, 5.74) is 1.79. The first-order chi connectivity index (χ1) is 8.80. The van der Waals surface area contributed by atoms with Gasteiger partial charge in [0, 0.05) is 0 Å². The molecule has 2 atom stereocenters. The van der Waals surface area contributed by atoms with E-state index in [1.165, 1.54) is 0 Å². The molecule has 1 aliphatic heterocycles. The van der Waals surface area contributed by atoms with Gasteiger partial charge < -0.3 is 14.3 Å². The first-order valence-corrected chi connectivity index (χ1v) is 9.92. The summed E-state index contributed by atoms with van der Waals surface area (Å²) in [6, 6.07) is 0. The van der Waals surface area contributed by atoms with Crippen LogP contribution in [-0.2, 0) is 9.16 Å². The number of aliphatic hydroxyl groups is 1. The summed E-state index contributed by atoms with van der Waals surface area (Å²) in [4.78, 5) is 0. The summed E-state index contributed by atoms with van der Waals surface area (Å²) < 4.78 is 12.1. The second-order valence-corrected chi connectivity index (χ2v) is 12.2. The van der Waals surface area contributed by atoms with Gasteiger partial charge in [-0.2, -0.15) is 0 Å². The predicted octanol–water partition coefficient (Wildman–Crippen LogP) is 4.07. The van der Waals surface area contributed by atoms with E-state index in [1.54, 1.807) is 0 Å². The van der Waals surface area contributed by atoms with Gasteiger partial charge in [-0.15, -0.1) is 0 Å². The maximum Gasteiger partial charge on any atom is 0.200 e. The summed E-state index contributed by atoms with van der Waals surface area (Å²) >= 11 is 0. The first-order valence-electron chi connectivity index (χ1n) is 7.78. The van der Waals surface area contributed by atoms with Gasteiger partial charge in [0.1, 0.15) is 0 Å². The van der Waals surface area contributed by atoms with Gasteiger partial charge in [-0.05, 0) is 35.9 Å². The second-order valence-electron chi connectivity index (χ2n) is 6.77. The minimum Gasteiger partial charge on any atom is -0.413 e. The number of hydrogen-bond acceptors (Lipinski definition) is 3. The van der Waals surface area contributed by atoms with E-state index in [-0.39, 0.29) is 6.10 Å². The Morgan fingerprint density at radius 3 is 2.00 bits per heavy atom. The van der Waals surface area contributed by atoms with E-state index in [9.17, 15) is 5.11 Å². The lowest BCUT2D eigenvalue weighted by atomic mass is 10.1. The van der Waals surface area contributed by atoms with Crippen LogP contribution < -0.4 is 0 Å². The van der Waals surface area contributed by atoms with E-state index >= 15 is 0 Å². The molecule has 0 spiro atoms. The maximum absolute atomic E-state index is 9.57. The molecule has 0 aromatic carbocycles. The molecular weight excluding hydrogens is 256 g/mol. The van der Waals surface area contributed by atoms with Crippen molar-refractivity contribution >= 4 is 8.32 Å². The van der Waals surface area contributed by atoms with E-state index in [0.29, 0.717) is 23.2 Å². The highest BCUT2D eigenvalue weighted by Crippen LogP contribution is 2.42. The molecule has 1 rings (SSSR count). The van der Waals surface area contributed by atoms with Crippen LogP contribution in [0.4, 0.5) is 0 Å². The lowest BCUT2D eigenvalue weighted by Gasteiger charge is -2.43. The quantitative estimate of drug-likeness (QED) is 0.749. The average Bonchev–Trinajstić information content (AvgIpc) is 2.28. The Morgan fingerprint density at radius 2 is 1.58 bits per heavy atom. The predicted molar refractivity (Wildman–Crippen MR) is 81.7 cm³/mol. The number of ether oxygens (including phenoxy) is 1. The van der Waals surface area contributed by atoms with E-state index in [2.05, 4.69) is 41.5 Å². The summed E-state index contributed by atoms with van der Waals surface area (Å²) in [7, 11) is -1.80. The van der Waals surface area contributed by atoms with Gasteiger partial charge in [0.05, 0.1) is 12.7 Å². The van der Waals surface area contributed by atoms with E-state index in [0.717, 1.165) is 19.3 Å². The van der Waals surface area contributed by atoms with Crippen LogP contribution in [0, 0.1) is 0 Å². The van der Waals surface area contributed by atoms with Gasteiger partial charge in [-0.25, -0.2) is 0 Å². The highest BCUT2D eigenvalue weighted by Gasteiger charge is 2.45. The number of hydrogen-bond donors (Lipinski definition) is 1. The standard InChI is InChI=1S/C15H32O3Si/c1-11(2)19(12(3)4,13(5)6)17-10-14-8-7-9-15(16)18-14/h11-16H,7-10H2,1-6H3/t14-,15?/m0/s1. The fraction of sp³-hybridized carbons (Fsp3) is 1.00. The Kier molecular flexibility index (Phi) is 6.50. The smallest absolute Gasteiger partial charge is 0.200 e. The normalized spacial score (nSPS) is 25.6. The lowest BCUT2D eigenvalue weighted by molar-refractivity contribution is -0.170. The van der Waals surface area contributed by atoms with Crippen molar-refractivity contribution < 1.29 is 14.3 Å². The van der Waals surface area contributed by atoms with E-state index < -0.39 is 14.6 Å². The third kappa shape index (κ3) is 4.03. The van der Waals surface area contributed by atoms with Crippen LogP contribution in [-0.4, -0.2) is 32.4 Å². The van der Waals surface area contributed by atoms with E-state index in [4.69, 9.17) is 9.16 Å². The van der Waals surface area contributed by atoms with Crippen LogP contribution in [0.2, 0.25) is 16.6 Å². The molecule has 0 amide bonds. The molecular formula is C15H32O3Si. The Morgan fingerprint density at radius 1 is 1.05 bits per heavy atom. The van der Waals surface area contributed by atoms with Gasteiger partial charge in [-0.3, -0.25) is 0 Å². The van der Waals surface area contributed by atoms with Crippen molar-refractivity contribution in [2.24, 2.45) is 0 Å². The molecule has 0 aromatic rings. The molecule has 1 N–H and O–H groups in total. The van der Waals surface area contributed by atoms with Crippen LogP contribution >= 0.6 is 0 Å². The van der Waals surface area contributed by atoms with Gasteiger partial charge in [-0.1, -0.05) is 41.5 Å². The van der Waals surface area contributed by atoms with Crippen molar-refractivity contribution in [3.8, 4) is 0 Å². The van der Waals surface area contributed by atoms with Crippen molar-refractivity contribution in [2.75, 3.05) is 6.61 Å². The van der Waals surface area contributed by atoms with Crippen molar-refractivity contribution in [2.45, 2.75) is 89.8 Å². The van der Waals surface area contributed by atoms with Gasteiger partial charge in [0.25, 0.3) is 0 Å². The van der Waals surface area contributed by atoms with Gasteiger partial charge in [0.15, 0.2) is 14.6 Å².